The van der Waals surface area contributed by atoms with Crippen LogP contribution >= 0.6 is 0 Å². The fraction of sp³-hybridized carbons (Fsp3) is 0.550. The molecule has 224 valence electrons. The van der Waals surface area contributed by atoms with Gasteiger partial charge in [0.05, 0.1) is 0 Å². The van der Waals surface area contributed by atoms with Crippen LogP contribution in [0.1, 0.15) is 132 Å². The zero-order chi connectivity index (χ0) is 31.0. The van der Waals surface area contributed by atoms with Crippen LogP contribution in [0.3, 0.4) is 0 Å². The molecule has 0 heterocycles. The van der Waals surface area contributed by atoms with Crippen LogP contribution in [0.4, 0.5) is 0 Å². The first-order valence-corrected chi connectivity index (χ1v) is 16.0. The first kappa shape index (κ1) is 37.7. The molecule has 0 aromatic heterocycles. The highest BCUT2D eigenvalue weighted by atomic mass is 14.5. The topological polar surface area (TPSA) is 0 Å². The van der Waals surface area contributed by atoms with Crippen molar-refractivity contribution in [2.75, 3.05) is 0 Å². The monoisotopic (exact) mass is 545 g/mol. The van der Waals surface area contributed by atoms with Crippen LogP contribution < -0.4 is 0 Å². The predicted molar refractivity (Wildman–Crippen MR) is 186 cm³/mol. The second kappa shape index (κ2) is 18.2. The van der Waals surface area contributed by atoms with Gasteiger partial charge in [0.1, 0.15) is 0 Å². The molecule has 0 N–H and O–H groups in total. The highest BCUT2D eigenvalue weighted by Crippen LogP contribution is 2.55. The standard InChI is InChI=1S/C21H30.C17H28.C2H6/c1-7-16-10-12-17(13-11-16)18-14-15-21(6,9-3)19(8-2)20(18,4)5;1-7-10-11-16(6)14-17(12-8-2,13-9-3)15(4)5;1-2/h8,10-14H,7,9,15H2,1-6H3;7,10-11H,1,4,6,8-9,12-14H2,2-3,5H3;1-2H3/b19-8-;11-10-;. The van der Waals surface area contributed by atoms with E-state index in [2.05, 4.69) is 125 Å². The van der Waals surface area contributed by atoms with Gasteiger partial charge >= 0.3 is 0 Å². The lowest BCUT2D eigenvalue weighted by Gasteiger charge is -2.46. The van der Waals surface area contributed by atoms with Crippen molar-refractivity contribution in [3.8, 4) is 0 Å². The molecule has 0 bridgehead atoms. The van der Waals surface area contributed by atoms with Crippen LogP contribution in [0.2, 0.25) is 0 Å². The summed E-state index contributed by atoms with van der Waals surface area (Å²) in [6.45, 7) is 36.6. The Labute approximate surface area is 251 Å². The van der Waals surface area contributed by atoms with Gasteiger partial charge in [-0.15, -0.1) is 0 Å². The summed E-state index contributed by atoms with van der Waals surface area (Å²) in [6.07, 6.45) is 20.0. The Bertz CT molecular complexity index is 999. The van der Waals surface area contributed by atoms with Crippen molar-refractivity contribution >= 4 is 5.57 Å². The molecule has 0 amide bonds. The number of rotatable bonds is 12. The Kier molecular flexibility index (Phi) is 17.1. The maximum atomic E-state index is 4.21. The maximum absolute atomic E-state index is 4.21. The Morgan fingerprint density at radius 2 is 1.50 bits per heavy atom. The Morgan fingerprint density at radius 3 is 1.90 bits per heavy atom. The first-order valence-electron chi connectivity index (χ1n) is 16.0. The molecule has 0 spiro atoms. The van der Waals surface area contributed by atoms with Crippen LogP contribution in [-0.4, -0.2) is 0 Å². The average molecular weight is 545 g/mol. The van der Waals surface area contributed by atoms with Gasteiger partial charge in [0.25, 0.3) is 0 Å². The first-order chi connectivity index (χ1) is 18.9. The molecule has 2 rings (SSSR count). The van der Waals surface area contributed by atoms with Gasteiger partial charge in [-0.1, -0.05) is 166 Å². The number of benzene rings is 1. The summed E-state index contributed by atoms with van der Waals surface area (Å²) >= 11 is 0. The van der Waals surface area contributed by atoms with Gasteiger partial charge in [0.15, 0.2) is 0 Å². The average Bonchev–Trinajstić information content (AvgIpc) is 2.93. The Hall–Kier alpha value is -2.34. The highest BCUT2D eigenvalue weighted by Gasteiger charge is 2.41. The highest BCUT2D eigenvalue weighted by molar-refractivity contribution is 5.75. The largest absolute Gasteiger partial charge is 0.0996 e. The van der Waals surface area contributed by atoms with Crippen molar-refractivity contribution in [1.82, 2.24) is 0 Å². The molecule has 0 saturated carbocycles. The third-order valence-electron chi connectivity index (χ3n) is 8.89. The van der Waals surface area contributed by atoms with Crippen molar-refractivity contribution in [3.05, 3.63) is 102 Å². The fourth-order valence-electron chi connectivity index (χ4n) is 6.57. The maximum Gasteiger partial charge on any atom is 0.0113 e. The molecule has 40 heavy (non-hydrogen) atoms. The molecule has 1 aromatic carbocycles. The van der Waals surface area contributed by atoms with Gasteiger partial charge in [0.2, 0.25) is 0 Å². The molecule has 1 aliphatic carbocycles. The minimum atomic E-state index is 0.117. The van der Waals surface area contributed by atoms with Crippen LogP contribution in [0.25, 0.3) is 5.57 Å². The summed E-state index contributed by atoms with van der Waals surface area (Å²) in [5.74, 6) is 0. The van der Waals surface area contributed by atoms with Crippen molar-refractivity contribution in [2.45, 2.75) is 128 Å². The van der Waals surface area contributed by atoms with Gasteiger partial charge in [0, 0.05) is 5.41 Å². The molecule has 0 aliphatic heterocycles. The number of aryl methyl sites for hydroxylation is 1. The molecule has 1 unspecified atom stereocenters. The van der Waals surface area contributed by atoms with E-state index in [9.17, 15) is 0 Å². The lowest BCUT2D eigenvalue weighted by molar-refractivity contribution is 0.293. The van der Waals surface area contributed by atoms with E-state index in [1.54, 1.807) is 11.6 Å². The summed E-state index contributed by atoms with van der Waals surface area (Å²) in [7, 11) is 0. The van der Waals surface area contributed by atoms with Crippen molar-refractivity contribution < 1.29 is 0 Å². The molecule has 0 fully saturated rings. The molecular formula is C40H64. The summed E-state index contributed by atoms with van der Waals surface area (Å²) in [4.78, 5) is 0. The van der Waals surface area contributed by atoms with E-state index in [4.69, 9.17) is 0 Å². The Balaban J connectivity index is 0.000000733. The number of hydrogen-bond donors (Lipinski definition) is 0. The van der Waals surface area contributed by atoms with Gasteiger partial charge in [-0.3, -0.25) is 0 Å². The summed E-state index contributed by atoms with van der Waals surface area (Å²) in [5, 5.41) is 0. The quantitative estimate of drug-likeness (QED) is 0.181. The van der Waals surface area contributed by atoms with E-state index < -0.39 is 0 Å². The SMILES string of the molecule is C/C=C1\C(C)(CC)CC=C(c2ccc(CC)cc2)C1(C)C.C=C/C=C\C(=C)CC(CCC)(CCC)C(=C)C.CC. The third kappa shape index (κ3) is 9.94. The van der Waals surface area contributed by atoms with E-state index in [-0.39, 0.29) is 10.8 Å². The molecule has 1 atom stereocenters. The van der Waals surface area contributed by atoms with Gasteiger partial charge in [-0.2, -0.15) is 0 Å². The molecule has 1 aromatic rings. The molecule has 0 radical (unpaired) electrons. The van der Waals surface area contributed by atoms with E-state index >= 15 is 0 Å². The normalized spacial score (nSPS) is 19.2. The molecular weight excluding hydrogens is 480 g/mol. The van der Waals surface area contributed by atoms with Crippen molar-refractivity contribution in [3.63, 3.8) is 0 Å². The summed E-state index contributed by atoms with van der Waals surface area (Å²) in [5.41, 5.74) is 9.03. The van der Waals surface area contributed by atoms with Gasteiger partial charge < -0.3 is 0 Å². The molecule has 1 aliphatic rings. The second-order valence-corrected chi connectivity index (χ2v) is 12.1. The summed E-state index contributed by atoms with van der Waals surface area (Å²) < 4.78 is 0. The predicted octanol–water partition coefficient (Wildman–Crippen LogP) is 13.3. The fourth-order valence-corrected chi connectivity index (χ4v) is 6.57. The number of hydrogen-bond acceptors (Lipinski definition) is 0. The van der Waals surface area contributed by atoms with E-state index in [1.165, 1.54) is 60.0 Å². The molecule has 0 nitrogen and oxygen atoms in total. The van der Waals surface area contributed by atoms with Gasteiger partial charge in [-0.05, 0) is 79.9 Å². The van der Waals surface area contributed by atoms with Crippen LogP contribution in [0, 0.1) is 16.2 Å². The van der Waals surface area contributed by atoms with E-state index in [0.29, 0.717) is 5.41 Å². The zero-order valence-corrected chi connectivity index (χ0v) is 28.5. The number of allylic oxidation sites excluding steroid dienone is 9. The minimum absolute atomic E-state index is 0.117. The molecule has 0 saturated heterocycles. The third-order valence-corrected chi connectivity index (χ3v) is 8.89. The molecule has 0 heteroatoms. The zero-order valence-electron chi connectivity index (χ0n) is 28.5. The van der Waals surface area contributed by atoms with Crippen LogP contribution in [-0.2, 0) is 6.42 Å². The Morgan fingerprint density at radius 1 is 0.950 bits per heavy atom. The van der Waals surface area contributed by atoms with E-state index in [0.717, 1.165) is 19.3 Å². The van der Waals surface area contributed by atoms with Crippen molar-refractivity contribution in [2.24, 2.45) is 16.2 Å². The van der Waals surface area contributed by atoms with Crippen LogP contribution in [0.5, 0.6) is 0 Å². The lowest BCUT2D eigenvalue weighted by atomic mass is 9.58. The minimum Gasteiger partial charge on any atom is -0.0996 e. The van der Waals surface area contributed by atoms with Crippen LogP contribution in [0.15, 0.2) is 91.1 Å². The smallest absolute Gasteiger partial charge is 0.0113 e. The lowest BCUT2D eigenvalue weighted by Crippen LogP contribution is -2.33. The summed E-state index contributed by atoms with van der Waals surface area (Å²) in [6, 6.07) is 9.15. The van der Waals surface area contributed by atoms with E-state index in [1.807, 2.05) is 19.9 Å². The van der Waals surface area contributed by atoms with Crippen molar-refractivity contribution in [1.29, 1.82) is 0 Å². The van der Waals surface area contributed by atoms with Gasteiger partial charge in [-0.25, -0.2) is 0 Å². The second-order valence-electron chi connectivity index (χ2n) is 12.1.